The zero-order chi connectivity index (χ0) is 14.8. The van der Waals surface area contributed by atoms with Gasteiger partial charge in [-0.15, -0.1) is 0 Å². The van der Waals surface area contributed by atoms with E-state index in [9.17, 15) is 4.79 Å². The highest BCUT2D eigenvalue weighted by Gasteiger charge is 2.35. The van der Waals surface area contributed by atoms with Crippen LogP contribution < -0.4 is 0 Å². The molecule has 0 radical (unpaired) electrons. The van der Waals surface area contributed by atoms with Gasteiger partial charge in [0.2, 0.25) is 0 Å². The lowest BCUT2D eigenvalue weighted by atomic mass is 10.1. The average Bonchev–Trinajstić information content (AvgIpc) is 2.86. The van der Waals surface area contributed by atoms with Gasteiger partial charge in [0.15, 0.2) is 0 Å². The van der Waals surface area contributed by atoms with Crippen molar-refractivity contribution >= 4 is 6.09 Å². The molecule has 0 aromatic carbocycles. The molecule has 1 fully saturated rings. The van der Waals surface area contributed by atoms with Crippen LogP contribution in [0, 0.1) is 11.3 Å². The first-order chi connectivity index (χ1) is 9.40. The molecule has 1 atom stereocenters. The fourth-order valence-corrected chi connectivity index (χ4v) is 1.89. The Hall–Kier alpha value is -2.13. The molecule has 1 aromatic rings. The second-order valence-electron chi connectivity index (χ2n) is 5.53. The van der Waals surface area contributed by atoms with E-state index in [-0.39, 0.29) is 6.04 Å². The third-order valence-corrected chi connectivity index (χ3v) is 2.74. The molecule has 2 rings (SSSR count). The highest BCUT2D eigenvalue weighted by molar-refractivity contribution is 5.67. The van der Waals surface area contributed by atoms with Gasteiger partial charge in [0.1, 0.15) is 17.7 Å². The topological polar surface area (TPSA) is 75.4 Å². The molecule has 0 saturated carbocycles. The molecule has 6 nitrogen and oxygen atoms in total. The van der Waals surface area contributed by atoms with Crippen molar-refractivity contribution < 1.29 is 14.4 Å². The summed E-state index contributed by atoms with van der Waals surface area (Å²) >= 11 is 0. The first kappa shape index (κ1) is 14.3. The largest absolute Gasteiger partial charge is 0.442 e. The molecule has 6 heteroatoms. The van der Waals surface area contributed by atoms with Gasteiger partial charge < -0.3 is 4.74 Å². The molecule has 20 heavy (non-hydrogen) atoms. The van der Waals surface area contributed by atoms with Gasteiger partial charge in [0, 0.05) is 12.6 Å². The fourth-order valence-electron chi connectivity index (χ4n) is 1.89. The van der Waals surface area contributed by atoms with Crippen LogP contribution in [0.2, 0.25) is 0 Å². The van der Waals surface area contributed by atoms with Crippen LogP contribution in [0.1, 0.15) is 44.5 Å². The highest BCUT2D eigenvalue weighted by atomic mass is 16.7. The smallest absolute Gasteiger partial charge is 0.435 e. The second-order valence-corrected chi connectivity index (χ2v) is 5.53. The summed E-state index contributed by atoms with van der Waals surface area (Å²) in [5, 5.41) is 9.98. The van der Waals surface area contributed by atoms with E-state index in [1.807, 2.05) is 6.07 Å². The number of carbonyl (C=O) groups is 1. The van der Waals surface area contributed by atoms with Gasteiger partial charge in [-0.25, -0.2) is 4.79 Å². The Morgan fingerprint density at radius 2 is 2.30 bits per heavy atom. The van der Waals surface area contributed by atoms with Crippen molar-refractivity contribution in [2.75, 3.05) is 6.61 Å². The maximum Gasteiger partial charge on any atom is 0.435 e. The van der Waals surface area contributed by atoms with E-state index in [1.165, 1.54) is 11.3 Å². The minimum absolute atomic E-state index is 0.280. The Bertz CT molecular complexity index is 528. The molecule has 0 unspecified atom stereocenters. The molecule has 0 N–H and O–H groups in total. The SMILES string of the molecule is CC(C)(C)OC(=O)N1OCC[C@@H]1c1ccc(C#N)cn1. The van der Waals surface area contributed by atoms with E-state index >= 15 is 0 Å². The van der Waals surface area contributed by atoms with Crippen LogP contribution in [0.5, 0.6) is 0 Å². The Morgan fingerprint density at radius 1 is 1.55 bits per heavy atom. The van der Waals surface area contributed by atoms with E-state index in [1.54, 1.807) is 32.9 Å². The van der Waals surface area contributed by atoms with E-state index < -0.39 is 11.7 Å². The molecule has 106 valence electrons. The van der Waals surface area contributed by atoms with Gasteiger partial charge in [-0.3, -0.25) is 9.82 Å². The van der Waals surface area contributed by atoms with Gasteiger partial charge in [-0.05, 0) is 32.9 Å². The van der Waals surface area contributed by atoms with Gasteiger partial charge in [-0.1, -0.05) is 0 Å². The number of nitriles is 1. The molecule has 0 bridgehead atoms. The lowest BCUT2D eigenvalue weighted by Gasteiger charge is -2.26. The van der Waals surface area contributed by atoms with Crippen LogP contribution in [0.25, 0.3) is 0 Å². The van der Waals surface area contributed by atoms with Gasteiger partial charge in [0.05, 0.1) is 17.9 Å². The Kier molecular flexibility index (Phi) is 3.91. The summed E-state index contributed by atoms with van der Waals surface area (Å²) < 4.78 is 5.30. The van der Waals surface area contributed by atoms with Crippen molar-refractivity contribution in [1.82, 2.24) is 10.0 Å². The predicted molar refractivity (Wildman–Crippen MR) is 70.3 cm³/mol. The lowest BCUT2D eigenvalue weighted by molar-refractivity contribution is -0.125. The van der Waals surface area contributed by atoms with Crippen molar-refractivity contribution in [2.45, 2.75) is 38.8 Å². The van der Waals surface area contributed by atoms with Crippen molar-refractivity contribution in [3.05, 3.63) is 29.6 Å². The molecule has 0 spiro atoms. The van der Waals surface area contributed by atoms with Crippen LogP contribution >= 0.6 is 0 Å². The number of rotatable bonds is 1. The molecule has 1 amide bonds. The summed E-state index contributed by atoms with van der Waals surface area (Å²) in [5.74, 6) is 0. The number of amides is 1. The molecule has 2 heterocycles. The van der Waals surface area contributed by atoms with Crippen molar-refractivity contribution in [1.29, 1.82) is 5.26 Å². The third-order valence-electron chi connectivity index (χ3n) is 2.74. The predicted octanol–water partition coefficient (Wildman–Crippen LogP) is 2.57. The summed E-state index contributed by atoms with van der Waals surface area (Å²) in [6.07, 6.45) is 1.62. The molecular weight excluding hydrogens is 258 g/mol. The van der Waals surface area contributed by atoms with Gasteiger partial charge in [-0.2, -0.15) is 10.3 Å². The maximum absolute atomic E-state index is 12.1. The molecule has 0 aliphatic carbocycles. The fraction of sp³-hybridized carbons (Fsp3) is 0.500. The summed E-state index contributed by atoms with van der Waals surface area (Å²) in [7, 11) is 0. The highest BCUT2D eigenvalue weighted by Crippen LogP contribution is 2.30. The first-order valence-corrected chi connectivity index (χ1v) is 6.42. The molecule has 1 saturated heterocycles. The van der Waals surface area contributed by atoms with Crippen LogP contribution in [0.15, 0.2) is 18.3 Å². The number of nitrogens with zero attached hydrogens (tertiary/aromatic N) is 3. The quantitative estimate of drug-likeness (QED) is 0.787. The van der Waals surface area contributed by atoms with E-state index in [0.29, 0.717) is 24.3 Å². The van der Waals surface area contributed by atoms with Crippen LogP contribution in [-0.4, -0.2) is 28.3 Å². The third kappa shape index (κ3) is 3.25. The molecular formula is C14H17N3O3. The van der Waals surface area contributed by atoms with Crippen molar-refractivity contribution in [3.8, 4) is 6.07 Å². The molecule has 1 aromatic heterocycles. The Labute approximate surface area is 117 Å². The molecule has 1 aliphatic rings. The van der Waals surface area contributed by atoms with Crippen molar-refractivity contribution in [2.24, 2.45) is 0 Å². The maximum atomic E-state index is 12.1. The normalized spacial score (nSPS) is 18.7. The standard InChI is InChI=1S/C14H17N3O3/c1-14(2,3)20-13(18)17-12(6-7-19-17)11-5-4-10(8-15)9-16-11/h4-5,9,12H,6-7H2,1-3H3/t12-/m1/s1. The summed E-state index contributed by atoms with van der Waals surface area (Å²) in [4.78, 5) is 21.6. The minimum atomic E-state index is -0.578. The van der Waals surface area contributed by atoms with E-state index in [4.69, 9.17) is 14.8 Å². The number of hydroxylamine groups is 2. The second kappa shape index (κ2) is 5.47. The number of carbonyl (C=O) groups excluding carboxylic acids is 1. The monoisotopic (exact) mass is 275 g/mol. The van der Waals surface area contributed by atoms with Crippen LogP contribution in [0.3, 0.4) is 0 Å². The average molecular weight is 275 g/mol. The zero-order valence-electron chi connectivity index (χ0n) is 11.8. The Morgan fingerprint density at radius 3 is 2.85 bits per heavy atom. The van der Waals surface area contributed by atoms with Crippen LogP contribution in [-0.2, 0) is 9.57 Å². The van der Waals surface area contributed by atoms with E-state index in [2.05, 4.69) is 4.98 Å². The molecule has 1 aliphatic heterocycles. The number of pyridine rings is 1. The number of ether oxygens (including phenoxy) is 1. The zero-order valence-corrected chi connectivity index (χ0v) is 11.8. The first-order valence-electron chi connectivity index (χ1n) is 6.42. The summed E-state index contributed by atoms with van der Waals surface area (Å²) in [5.41, 5.74) is 0.593. The van der Waals surface area contributed by atoms with Gasteiger partial charge in [0.25, 0.3) is 0 Å². The Balaban J connectivity index is 2.14. The lowest BCUT2D eigenvalue weighted by Crippen LogP contribution is -2.35. The van der Waals surface area contributed by atoms with Crippen LogP contribution in [0.4, 0.5) is 4.79 Å². The van der Waals surface area contributed by atoms with Gasteiger partial charge >= 0.3 is 6.09 Å². The number of aromatic nitrogens is 1. The van der Waals surface area contributed by atoms with Crippen molar-refractivity contribution in [3.63, 3.8) is 0 Å². The minimum Gasteiger partial charge on any atom is -0.442 e. The van der Waals surface area contributed by atoms with E-state index in [0.717, 1.165) is 0 Å². The number of hydrogen-bond acceptors (Lipinski definition) is 5. The summed E-state index contributed by atoms with van der Waals surface area (Å²) in [6, 6.07) is 5.14. The number of hydrogen-bond donors (Lipinski definition) is 0. The summed E-state index contributed by atoms with van der Waals surface area (Å²) in [6.45, 7) is 5.84.